The highest BCUT2D eigenvalue weighted by molar-refractivity contribution is 6.05. The summed E-state index contributed by atoms with van der Waals surface area (Å²) in [6, 6.07) is 11.4. The van der Waals surface area contributed by atoms with E-state index in [1.165, 1.54) is 4.90 Å². The highest BCUT2D eigenvalue weighted by Gasteiger charge is 2.40. The van der Waals surface area contributed by atoms with Gasteiger partial charge in [0.15, 0.2) is 0 Å². The van der Waals surface area contributed by atoms with E-state index >= 15 is 0 Å². The molecule has 34 heavy (non-hydrogen) atoms. The molecular formula is C25H25N3O6. The van der Waals surface area contributed by atoms with Gasteiger partial charge in [-0.15, -0.1) is 0 Å². The molecule has 2 aromatic carbocycles. The minimum absolute atomic E-state index is 0.0448. The number of rotatable bonds is 6. The number of hydrogen-bond donors (Lipinski definition) is 1. The number of nitrogens with zero attached hydrogens (tertiary/aromatic N) is 2. The van der Waals surface area contributed by atoms with E-state index in [1.807, 2.05) is 0 Å². The van der Waals surface area contributed by atoms with Crippen molar-refractivity contribution in [1.82, 2.24) is 15.1 Å². The van der Waals surface area contributed by atoms with Crippen molar-refractivity contribution in [3.63, 3.8) is 0 Å². The van der Waals surface area contributed by atoms with Crippen LogP contribution >= 0.6 is 0 Å². The molecule has 3 heterocycles. The van der Waals surface area contributed by atoms with E-state index in [0.717, 1.165) is 10.5 Å². The molecule has 0 aromatic heterocycles. The van der Waals surface area contributed by atoms with Crippen molar-refractivity contribution in [2.24, 2.45) is 0 Å². The van der Waals surface area contributed by atoms with E-state index in [1.54, 1.807) is 42.5 Å². The molecule has 3 unspecified atom stereocenters. The number of benzene rings is 2. The first-order valence-electron chi connectivity index (χ1n) is 13.0. The van der Waals surface area contributed by atoms with Crippen LogP contribution in [0.15, 0.2) is 42.5 Å². The summed E-state index contributed by atoms with van der Waals surface area (Å²) in [6.07, 6.45) is 0.450. The Kier molecular flexibility index (Phi) is 4.83. The SMILES string of the molecule is [2H]C1OC([2H])([2H])C([2H])N(Cc2ccc(COc3cccc4c3CN(C3CCC(=O)NC3=O)C4=O)cc2)C1=O. The van der Waals surface area contributed by atoms with Crippen LogP contribution in [0.4, 0.5) is 0 Å². The first-order chi connectivity index (χ1) is 18.0. The topological polar surface area (TPSA) is 105 Å². The van der Waals surface area contributed by atoms with E-state index in [0.29, 0.717) is 22.4 Å². The van der Waals surface area contributed by atoms with Crippen LogP contribution < -0.4 is 10.1 Å². The van der Waals surface area contributed by atoms with Gasteiger partial charge in [-0.1, -0.05) is 30.3 Å². The molecule has 5 rings (SSSR count). The monoisotopic (exact) mass is 467 g/mol. The van der Waals surface area contributed by atoms with Crippen LogP contribution in [-0.2, 0) is 38.8 Å². The molecule has 1 N–H and O–H groups in total. The lowest BCUT2D eigenvalue weighted by atomic mass is 10.0. The smallest absolute Gasteiger partial charge is 0.255 e. The number of carbonyl (C=O) groups excluding carboxylic acids is 4. The molecule has 0 radical (unpaired) electrons. The van der Waals surface area contributed by atoms with Crippen molar-refractivity contribution in [3.8, 4) is 5.75 Å². The maximum absolute atomic E-state index is 13.0. The molecule has 2 fully saturated rings. The van der Waals surface area contributed by atoms with Crippen LogP contribution in [0.2, 0.25) is 0 Å². The zero-order valence-electron chi connectivity index (χ0n) is 22.2. The summed E-state index contributed by atoms with van der Waals surface area (Å²) in [6.45, 7) is -5.43. The average molecular weight is 468 g/mol. The third-order valence-corrected chi connectivity index (χ3v) is 6.03. The molecule has 3 atom stereocenters. The summed E-state index contributed by atoms with van der Waals surface area (Å²) in [5, 5.41) is 2.29. The lowest BCUT2D eigenvalue weighted by molar-refractivity contribution is -0.143. The van der Waals surface area contributed by atoms with Crippen LogP contribution in [-0.4, -0.2) is 59.1 Å². The molecule has 9 heteroatoms. The third kappa shape index (κ3) is 4.38. The largest absolute Gasteiger partial charge is 0.489 e. The second-order valence-corrected chi connectivity index (χ2v) is 8.24. The van der Waals surface area contributed by atoms with Gasteiger partial charge in [0.1, 0.15) is 25.0 Å². The van der Waals surface area contributed by atoms with Gasteiger partial charge in [-0.3, -0.25) is 24.5 Å². The van der Waals surface area contributed by atoms with Crippen molar-refractivity contribution < 1.29 is 34.1 Å². The fraction of sp³-hybridized carbons (Fsp3) is 0.360. The van der Waals surface area contributed by atoms with Crippen LogP contribution in [0.1, 0.15) is 45.4 Å². The van der Waals surface area contributed by atoms with E-state index in [-0.39, 0.29) is 44.4 Å². The second-order valence-electron chi connectivity index (χ2n) is 8.24. The molecule has 176 valence electrons. The molecule has 4 amide bonds. The molecule has 3 aliphatic heterocycles. The maximum atomic E-state index is 13.0. The lowest BCUT2D eigenvalue weighted by Gasteiger charge is -2.29. The fourth-order valence-electron chi connectivity index (χ4n) is 4.22. The Bertz CT molecular complexity index is 1300. The number of amides is 4. The van der Waals surface area contributed by atoms with Crippen LogP contribution in [0, 0.1) is 0 Å². The van der Waals surface area contributed by atoms with Crippen molar-refractivity contribution in [3.05, 3.63) is 64.7 Å². The van der Waals surface area contributed by atoms with Gasteiger partial charge in [-0.2, -0.15) is 0 Å². The number of fused-ring (bicyclic) bond motifs is 1. The summed E-state index contributed by atoms with van der Waals surface area (Å²) in [4.78, 5) is 51.5. The van der Waals surface area contributed by atoms with Crippen LogP contribution in [0.3, 0.4) is 0 Å². The number of hydrogen-bond acceptors (Lipinski definition) is 6. The number of ether oxygens (including phenoxy) is 2. The second kappa shape index (κ2) is 9.26. The Morgan fingerprint density at radius 3 is 2.68 bits per heavy atom. The first kappa shape index (κ1) is 17.7. The van der Waals surface area contributed by atoms with Gasteiger partial charge in [0.2, 0.25) is 17.7 Å². The van der Waals surface area contributed by atoms with E-state index in [4.69, 9.17) is 15.0 Å². The standard InChI is InChI=1S/C25H25N3O6/c29-22-9-8-20(24(31)26-22)28-13-19-18(25(28)32)2-1-3-21(19)34-14-17-6-4-16(5-7-17)12-27-10-11-33-15-23(27)30/h1-7,20H,8-15H2,(H,26,29,31)/i10D,11D2,15D. The molecule has 2 aromatic rings. The Morgan fingerprint density at radius 1 is 1.09 bits per heavy atom. The van der Waals surface area contributed by atoms with E-state index in [9.17, 15) is 19.2 Å². The summed E-state index contributed by atoms with van der Waals surface area (Å²) in [7, 11) is 0. The minimum Gasteiger partial charge on any atom is -0.489 e. The summed E-state index contributed by atoms with van der Waals surface area (Å²) < 4.78 is 41.8. The molecule has 2 saturated heterocycles. The fourth-order valence-corrected chi connectivity index (χ4v) is 4.22. The zero-order valence-corrected chi connectivity index (χ0v) is 18.2. The summed E-state index contributed by atoms with van der Waals surface area (Å²) >= 11 is 0. The van der Waals surface area contributed by atoms with Crippen molar-refractivity contribution in [1.29, 1.82) is 0 Å². The summed E-state index contributed by atoms with van der Waals surface area (Å²) in [5.74, 6) is -1.37. The van der Waals surface area contributed by atoms with Gasteiger partial charge >= 0.3 is 0 Å². The molecule has 0 spiro atoms. The van der Waals surface area contributed by atoms with Crippen molar-refractivity contribution in [2.75, 3.05) is 19.7 Å². The van der Waals surface area contributed by atoms with Crippen molar-refractivity contribution in [2.45, 2.75) is 38.6 Å². The molecule has 3 aliphatic rings. The number of piperidine rings is 1. The molecule has 0 aliphatic carbocycles. The molecule has 9 nitrogen and oxygen atoms in total. The van der Waals surface area contributed by atoms with E-state index < -0.39 is 37.5 Å². The molecular weight excluding hydrogens is 438 g/mol. The quantitative estimate of drug-likeness (QED) is 0.644. The zero-order chi connectivity index (χ0) is 27.2. The van der Waals surface area contributed by atoms with Crippen LogP contribution in [0.5, 0.6) is 5.75 Å². The normalized spacial score (nSPS) is 27.9. The number of morpholine rings is 1. The van der Waals surface area contributed by atoms with Crippen LogP contribution in [0.25, 0.3) is 0 Å². The highest BCUT2D eigenvalue weighted by Crippen LogP contribution is 2.34. The van der Waals surface area contributed by atoms with E-state index in [2.05, 4.69) is 5.32 Å². The summed E-state index contributed by atoms with van der Waals surface area (Å²) in [5.41, 5.74) is 2.57. The van der Waals surface area contributed by atoms with Gasteiger partial charge in [0.25, 0.3) is 5.91 Å². The number of carbonyl (C=O) groups is 4. The first-order valence-corrected chi connectivity index (χ1v) is 10.8. The lowest BCUT2D eigenvalue weighted by Crippen LogP contribution is -2.52. The molecule has 0 saturated carbocycles. The predicted octanol–water partition coefficient (Wildman–Crippen LogP) is 1.39. The third-order valence-electron chi connectivity index (χ3n) is 6.03. The maximum Gasteiger partial charge on any atom is 0.255 e. The van der Waals surface area contributed by atoms with Crippen molar-refractivity contribution >= 4 is 23.6 Å². The molecule has 0 bridgehead atoms. The van der Waals surface area contributed by atoms with Gasteiger partial charge < -0.3 is 19.3 Å². The highest BCUT2D eigenvalue weighted by atomic mass is 16.5. The Labute approximate surface area is 202 Å². The van der Waals surface area contributed by atoms with Gasteiger partial charge in [0.05, 0.1) is 18.6 Å². The number of nitrogens with one attached hydrogen (secondary N) is 1. The average Bonchev–Trinajstić information content (AvgIpc) is 3.21. The Balaban J connectivity index is 1.24. The Hall–Kier alpha value is -3.72. The van der Waals surface area contributed by atoms with Gasteiger partial charge in [-0.05, 0) is 29.7 Å². The predicted molar refractivity (Wildman–Crippen MR) is 119 cm³/mol. The van der Waals surface area contributed by atoms with Gasteiger partial charge in [0, 0.05) is 30.6 Å². The minimum atomic E-state index is -2.45. The number of imide groups is 1. The Morgan fingerprint density at radius 2 is 1.88 bits per heavy atom. The van der Waals surface area contributed by atoms with Gasteiger partial charge in [-0.25, -0.2) is 0 Å².